The van der Waals surface area contributed by atoms with Crippen LogP contribution in [0.25, 0.3) is 0 Å². The molecule has 0 aromatic rings. The van der Waals surface area contributed by atoms with Crippen molar-refractivity contribution in [1.29, 1.82) is 0 Å². The van der Waals surface area contributed by atoms with Gasteiger partial charge in [-0.25, -0.2) is 4.79 Å². The molecule has 0 saturated carbocycles. The van der Waals surface area contributed by atoms with E-state index in [1.165, 1.54) is 0 Å². The molecule has 0 fully saturated rings. The van der Waals surface area contributed by atoms with Gasteiger partial charge in [0.1, 0.15) is 6.61 Å². The highest BCUT2D eigenvalue weighted by atomic mass is 32.2. The second-order valence-corrected chi connectivity index (χ2v) is 2.76. The molecular formula is C6H13NO3S. The summed E-state index contributed by atoms with van der Waals surface area (Å²) < 4.78 is 4.53. The maximum atomic E-state index is 10.6. The van der Waals surface area contributed by atoms with Crippen LogP contribution in [0.2, 0.25) is 0 Å². The number of amides is 1. The average Bonchev–Trinajstić information content (AvgIpc) is 2.01. The van der Waals surface area contributed by atoms with E-state index in [1.807, 2.05) is 6.26 Å². The molecule has 0 aromatic carbocycles. The second-order valence-electron chi connectivity index (χ2n) is 1.78. The van der Waals surface area contributed by atoms with Crippen molar-refractivity contribution >= 4 is 17.9 Å². The summed E-state index contributed by atoms with van der Waals surface area (Å²) in [6, 6.07) is 0. The fraction of sp³-hybridized carbons (Fsp3) is 0.833. The maximum absolute atomic E-state index is 10.6. The highest BCUT2D eigenvalue weighted by Gasteiger charge is 1.97. The number of carbonyl (C=O) groups is 1. The number of alkyl carbamates (subject to hydrolysis) is 1. The van der Waals surface area contributed by atoms with Crippen molar-refractivity contribution in [3.05, 3.63) is 0 Å². The zero-order valence-electron chi connectivity index (χ0n) is 6.50. The van der Waals surface area contributed by atoms with Crippen LogP contribution in [0.5, 0.6) is 0 Å². The van der Waals surface area contributed by atoms with Crippen LogP contribution in [0.1, 0.15) is 0 Å². The quantitative estimate of drug-likeness (QED) is 0.586. The molecule has 5 heteroatoms. The monoisotopic (exact) mass is 179 g/mol. The standard InChI is InChI=1S/C6H13NO3S/c1-11-5-2-7-6(9)10-4-3-8/h8H,2-5H2,1H3,(H,7,9). The minimum absolute atomic E-state index is 0.0606. The number of rotatable bonds is 5. The Balaban J connectivity index is 3.09. The third-order valence-electron chi connectivity index (χ3n) is 0.900. The van der Waals surface area contributed by atoms with Gasteiger partial charge in [-0.05, 0) is 6.26 Å². The minimum atomic E-state index is -0.465. The van der Waals surface area contributed by atoms with Gasteiger partial charge in [-0.1, -0.05) is 0 Å². The molecule has 0 rings (SSSR count). The first-order valence-corrected chi connectivity index (χ1v) is 4.71. The summed E-state index contributed by atoms with van der Waals surface area (Å²) >= 11 is 1.65. The van der Waals surface area contributed by atoms with Crippen LogP contribution in [0.4, 0.5) is 4.79 Å². The number of ether oxygens (including phenoxy) is 1. The molecule has 0 atom stereocenters. The van der Waals surface area contributed by atoms with Crippen LogP contribution in [0, 0.1) is 0 Å². The lowest BCUT2D eigenvalue weighted by Gasteiger charge is -2.03. The van der Waals surface area contributed by atoms with E-state index in [0.29, 0.717) is 6.54 Å². The van der Waals surface area contributed by atoms with Crippen LogP contribution in [0.3, 0.4) is 0 Å². The Hall–Kier alpha value is -0.420. The zero-order chi connectivity index (χ0) is 8.53. The fourth-order valence-corrected chi connectivity index (χ4v) is 0.751. The Kier molecular flexibility index (Phi) is 7.39. The summed E-state index contributed by atoms with van der Waals surface area (Å²) in [6.07, 6.45) is 1.49. The third kappa shape index (κ3) is 7.48. The number of carbonyl (C=O) groups excluding carboxylic acids is 1. The van der Waals surface area contributed by atoms with Crippen molar-refractivity contribution in [2.45, 2.75) is 0 Å². The number of thioether (sulfide) groups is 1. The molecule has 0 radical (unpaired) electrons. The first kappa shape index (κ1) is 10.6. The van der Waals surface area contributed by atoms with Crippen molar-refractivity contribution in [3.8, 4) is 0 Å². The lowest BCUT2D eigenvalue weighted by atomic mass is 10.7. The van der Waals surface area contributed by atoms with E-state index < -0.39 is 6.09 Å². The Bertz CT molecular complexity index is 110. The van der Waals surface area contributed by atoms with Crippen molar-refractivity contribution in [3.63, 3.8) is 0 Å². The highest BCUT2D eigenvalue weighted by molar-refractivity contribution is 7.98. The van der Waals surface area contributed by atoms with Gasteiger partial charge in [0.25, 0.3) is 0 Å². The number of aliphatic hydroxyl groups excluding tert-OH is 1. The average molecular weight is 179 g/mol. The molecule has 0 aromatic heterocycles. The first-order chi connectivity index (χ1) is 5.31. The molecule has 0 saturated heterocycles. The van der Waals surface area contributed by atoms with Crippen LogP contribution in [0.15, 0.2) is 0 Å². The molecule has 66 valence electrons. The van der Waals surface area contributed by atoms with Gasteiger partial charge >= 0.3 is 6.09 Å². The van der Waals surface area contributed by atoms with Gasteiger partial charge in [0, 0.05) is 12.3 Å². The van der Waals surface area contributed by atoms with Gasteiger partial charge in [0.05, 0.1) is 6.61 Å². The normalized spacial score (nSPS) is 9.27. The summed E-state index contributed by atoms with van der Waals surface area (Å²) in [4.78, 5) is 10.6. The van der Waals surface area contributed by atoms with Gasteiger partial charge in [0.15, 0.2) is 0 Å². The van der Waals surface area contributed by atoms with E-state index in [0.717, 1.165) is 5.75 Å². The summed E-state index contributed by atoms with van der Waals surface area (Å²) in [6.45, 7) is 0.534. The number of aliphatic hydroxyl groups is 1. The van der Waals surface area contributed by atoms with Crippen LogP contribution >= 0.6 is 11.8 Å². The molecule has 0 spiro atoms. The van der Waals surface area contributed by atoms with E-state index in [4.69, 9.17) is 5.11 Å². The van der Waals surface area contributed by atoms with Crippen molar-refractivity contribution < 1.29 is 14.6 Å². The van der Waals surface area contributed by atoms with E-state index >= 15 is 0 Å². The molecule has 11 heavy (non-hydrogen) atoms. The van der Waals surface area contributed by atoms with E-state index in [2.05, 4.69) is 10.1 Å². The van der Waals surface area contributed by atoms with Crippen LogP contribution in [-0.2, 0) is 4.74 Å². The molecule has 0 unspecified atom stereocenters. The predicted octanol–water partition coefficient (Wildman–Crippen LogP) is 0.0679. The minimum Gasteiger partial charge on any atom is -0.447 e. The number of hydrogen-bond donors (Lipinski definition) is 2. The van der Waals surface area contributed by atoms with Gasteiger partial charge in [0.2, 0.25) is 0 Å². The smallest absolute Gasteiger partial charge is 0.407 e. The molecule has 0 heterocycles. The Morgan fingerprint density at radius 3 is 3.00 bits per heavy atom. The predicted molar refractivity (Wildman–Crippen MR) is 44.8 cm³/mol. The van der Waals surface area contributed by atoms with Gasteiger partial charge in [-0.3, -0.25) is 0 Å². The molecule has 0 aliphatic carbocycles. The van der Waals surface area contributed by atoms with E-state index in [9.17, 15) is 4.79 Å². The van der Waals surface area contributed by atoms with Gasteiger partial charge in [-0.2, -0.15) is 11.8 Å². The molecular weight excluding hydrogens is 166 g/mol. The lowest BCUT2D eigenvalue weighted by Crippen LogP contribution is -2.27. The van der Waals surface area contributed by atoms with Crippen molar-refractivity contribution in [1.82, 2.24) is 5.32 Å². The molecule has 0 aliphatic rings. The Morgan fingerprint density at radius 1 is 1.73 bits per heavy atom. The van der Waals surface area contributed by atoms with E-state index in [1.54, 1.807) is 11.8 Å². The first-order valence-electron chi connectivity index (χ1n) is 3.31. The third-order valence-corrected chi connectivity index (χ3v) is 1.51. The topological polar surface area (TPSA) is 58.6 Å². The fourth-order valence-electron chi connectivity index (χ4n) is 0.445. The zero-order valence-corrected chi connectivity index (χ0v) is 7.32. The maximum Gasteiger partial charge on any atom is 0.407 e. The molecule has 4 nitrogen and oxygen atoms in total. The van der Waals surface area contributed by atoms with Gasteiger partial charge in [-0.15, -0.1) is 0 Å². The van der Waals surface area contributed by atoms with Crippen LogP contribution in [-0.4, -0.2) is 43.0 Å². The van der Waals surface area contributed by atoms with E-state index in [-0.39, 0.29) is 13.2 Å². The largest absolute Gasteiger partial charge is 0.447 e. The van der Waals surface area contributed by atoms with Crippen molar-refractivity contribution in [2.75, 3.05) is 31.8 Å². The lowest BCUT2D eigenvalue weighted by molar-refractivity contribution is 0.119. The molecule has 0 bridgehead atoms. The number of hydrogen-bond acceptors (Lipinski definition) is 4. The summed E-state index contributed by atoms with van der Waals surface area (Å²) in [5, 5.41) is 10.8. The molecule has 1 amide bonds. The summed E-state index contributed by atoms with van der Waals surface area (Å²) in [7, 11) is 0. The second kappa shape index (κ2) is 7.68. The van der Waals surface area contributed by atoms with Gasteiger partial charge < -0.3 is 15.2 Å². The number of nitrogens with one attached hydrogen (secondary N) is 1. The molecule has 2 N–H and O–H groups in total. The highest BCUT2D eigenvalue weighted by Crippen LogP contribution is 1.87. The SMILES string of the molecule is CSCCNC(=O)OCCO. The summed E-state index contributed by atoms with van der Waals surface area (Å²) in [5.74, 6) is 0.869. The Labute approximate surface area is 70.3 Å². The Morgan fingerprint density at radius 2 is 2.45 bits per heavy atom. The summed E-state index contributed by atoms with van der Waals surface area (Å²) in [5.41, 5.74) is 0. The van der Waals surface area contributed by atoms with Crippen LogP contribution < -0.4 is 5.32 Å². The van der Waals surface area contributed by atoms with Crippen molar-refractivity contribution in [2.24, 2.45) is 0 Å². The molecule has 0 aliphatic heterocycles.